The topological polar surface area (TPSA) is 0 Å². The lowest BCUT2D eigenvalue weighted by atomic mass is 9.86. The monoisotopic (exact) mass is 290 g/mol. The van der Waals surface area contributed by atoms with Gasteiger partial charge in [-0.2, -0.15) is 0 Å². The molecule has 0 bridgehead atoms. The van der Waals surface area contributed by atoms with Crippen molar-refractivity contribution < 1.29 is 4.39 Å². The summed E-state index contributed by atoms with van der Waals surface area (Å²) in [7, 11) is 0. The number of hydrogen-bond acceptors (Lipinski definition) is 0. The van der Waals surface area contributed by atoms with Gasteiger partial charge in [-0.05, 0) is 29.5 Å². The quantitative estimate of drug-likeness (QED) is 0.561. The van der Waals surface area contributed by atoms with Crippen LogP contribution in [0, 0.1) is 11.2 Å². The zero-order chi connectivity index (χ0) is 11.5. The minimum Gasteiger partial charge on any atom is -0.205 e. The predicted molar refractivity (Wildman–Crippen MR) is 67.2 cm³/mol. The Hall–Kier alpha value is -0.340. The molecule has 0 radical (unpaired) electrons. The number of benzene rings is 1. The summed E-state index contributed by atoms with van der Waals surface area (Å²) in [6.07, 6.45) is 2.70. The lowest BCUT2D eigenvalue weighted by Crippen LogP contribution is -2.18. The molecule has 0 fully saturated rings. The van der Waals surface area contributed by atoms with Crippen molar-refractivity contribution in [3.8, 4) is 0 Å². The smallest absolute Gasteiger partial charge is 0.141 e. The van der Waals surface area contributed by atoms with Crippen LogP contribution in [0.25, 0.3) is 0 Å². The van der Waals surface area contributed by atoms with E-state index in [1.54, 1.807) is 12.1 Å². The van der Waals surface area contributed by atoms with Gasteiger partial charge in [0.05, 0.1) is 5.02 Å². The Balaban J connectivity index is 2.89. The first-order valence-corrected chi connectivity index (χ1v) is 6.14. The molecule has 0 aromatic heterocycles. The van der Waals surface area contributed by atoms with E-state index < -0.39 is 0 Å². The molecule has 15 heavy (non-hydrogen) atoms. The molecule has 0 nitrogen and oxygen atoms in total. The van der Waals surface area contributed by atoms with Crippen LogP contribution in [0.5, 0.6) is 0 Å². The fourth-order valence-corrected chi connectivity index (χ4v) is 1.92. The number of allylic oxidation sites excluding steroid dienone is 1. The normalized spacial score (nSPS) is 14.7. The Kier molecular flexibility index (Phi) is 4.35. The van der Waals surface area contributed by atoms with Crippen LogP contribution in [0.2, 0.25) is 5.02 Å². The molecule has 1 aromatic rings. The molecule has 0 amide bonds. The first-order chi connectivity index (χ1) is 7.00. The Bertz CT molecular complexity index is 365. The summed E-state index contributed by atoms with van der Waals surface area (Å²) in [6.45, 7) is 5.89. The van der Waals surface area contributed by atoms with E-state index in [0.717, 1.165) is 17.3 Å². The van der Waals surface area contributed by atoms with E-state index in [-0.39, 0.29) is 16.3 Å². The van der Waals surface area contributed by atoms with Crippen LogP contribution < -0.4 is 0 Å². The molecule has 3 heteroatoms. The molecule has 0 aliphatic rings. The number of rotatable bonds is 4. The molecule has 1 rings (SSSR count). The van der Waals surface area contributed by atoms with Gasteiger partial charge < -0.3 is 0 Å². The first kappa shape index (κ1) is 12.7. The molecule has 0 N–H and O–H groups in total. The fourth-order valence-electron chi connectivity index (χ4n) is 1.29. The van der Waals surface area contributed by atoms with Crippen molar-refractivity contribution in [2.24, 2.45) is 5.41 Å². The molecule has 1 aromatic carbocycles. The average Bonchev–Trinajstić information content (AvgIpc) is 2.23. The van der Waals surface area contributed by atoms with E-state index in [4.69, 9.17) is 11.6 Å². The lowest BCUT2D eigenvalue weighted by molar-refractivity contribution is 0.493. The van der Waals surface area contributed by atoms with Gasteiger partial charge in [0.1, 0.15) is 5.82 Å². The third kappa shape index (κ3) is 3.32. The van der Waals surface area contributed by atoms with Gasteiger partial charge in [0, 0.05) is 5.33 Å². The highest BCUT2D eigenvalue weighted by molar-refractivity contribution is 9.09. The largest absolute Gasteiger partial charge is 0.205 e. The molecule has 0 aliphatic heterocycles. The van der Waals surface area contributed by atoms with Gasteiger partial charge in [0.15, 0.2) is 0 Å². The zero-order valence-electron chi connectivity index (χ0n) is 8.56. The van der Waals surface area contributed by atoms with Gasteiger partial charge in [0.2, 0.25) is 0 Å². The van der Waals surface area contributed by atoms with E-state index in [1.807, 2.05) is 6.08 Å². The van der Waals surface area contributed by atoms with Crippen LogP contribution >= 0.6 is 27.5 Å². The Labute approximate surface area is 103 Å². The molecule has 0 aliphatic carbocycles. The van der Waals surface area contributed by atoms with Gasteiger partial charge in [0.25, 0.3) is 0 Å². The van der Waals surface area contributed by atoms with Crippen LogP contribution in [-0.2, 0) is 6.42 Å². The highest BCUT2D eigenvalue weighted by Gasteiger charge is 2.19. The molecular weight excluding hydrogens is 278 g/mol. The second kappa shape index (κ2) is 5.13. The molecular formula is C12H13BrClF. The zero-order valence-corrected chi connectivity index (χ0v) is 10.9. The molecule has 0 heterocycles. The number of alkyl halides is 1. The molecule has 82 valence electrons. The predicted octanol–water partition coefficient (Wildman–Crippen LogP) is 4.61. The third-order valence-corrected chi connectivity index (χ3v) is 3.96. The van der Waals surface area contributed by atoms with Crippen LogP contribution in [-0.4, -0.2) is 5.33 Å². The Morgan fingerprint density at radius 1 is 1.60 bits per heavy atom. The molecule has 1 unspecified atom stereocenters. The lowest BCUT2D eigenvalue weighted by Gasteiger charge is -2.22. The minimum absolute atomic E-state index is 0.0266. The van der Waals surface area contributed by atoms with Crippen LogP contribution in [0.15, 0.2) is 30.9 Å². The molecule has 0 saturated heterocycles. The van der Waals surface area contributed by atoms with Crippen molar-refractivity contribution in [3.05, 3.63) is 47.3 Å². The average molecular weight is 292 g/mol. The summed E-state index contributed by atoms with van der Waals surface area (Å²) < 4.78 is 12.9. The van der Waals surface area contributed by atoms with Crippen molar-refractivity contribution in [2.75, 3.05) is 5.33 Å². The summed E-state index contributed by atoms with van der Waals surface area (Å²) in [5.74, 6) is -0.375. The summed E-state index contributed by atoms with van der Waals surface area (Å²) >= 11 is 9.16. The Morgan fingerprint density at radius 3 is 2.73 bits per heavy atom. The maximum absolute atomic E-state index is 12.9. The van der Waals surface area contributed by atoms with E-state index in [1.165, 1.54) is 6.07 Å². The van der Waals surface area contributed by atoms with E-state index in [2.05, 4.69) is 29.4 Å². The number of halogens is 3. The van der Waals surface area contributed by atoms with Crippen molar-refractivity contribution in [1.29, 1.82) is 0 Å². The van der Waals surface area contributed by atoms with Crippen LogP contribution in [0.4, 0.5) is 4.39 Å². The van der Waals surface area contributed by atoms with Crippen molar-refractivity contribution >= 4 is 27.5 Å². The molecule has 0 spiro atoms. The van der Waals surface area contributed by atoms with Gasteiger partial charge >= 0.3 is 0 Å². The van der Waals surface area contributed by atoms with Gasteiger partial charge in [-0.15, -0.1) is 6.58 Å². The number of hydrogen-bond donors (Lipinski definition) is 0. The second-order valence-electron chi connectivity index (χ2n) is 3.92. The van der Waals surface area contributed by atoms with E-state index in [9.17, 15) is 4.39 Å². The van der Waals surface area contributed by atoms with Crippen LogP contribution in [0.3, 0.4) is 0 Å². The Morgan fingerprint density at radius 2 is 2.27 bits per heavy atom. The highest BCUT2D eigenvalue weighted by Crippen LogP contribution is 2.27. The highest BCUT2D eigenvalue weighted by atomic mass is 79.9. The standard InChI is InChI=1S/C12H13BrClF/c1-3-12(2,8-13)7-9-4-5-11(15)10(14)6-9/h3-6H,1,7-8H2,2H3. The maximum Gasteiger partial charge on any atom is 0.141 e. The fraction of sp³-hybridized carbons (Fsp3) is 0.333. The minimum atomic E-state index is -0.375. The SMILES string of the molecule is C=CC(C)(CBr)Cc1ccc(F)c(Cl)c1. The van der Waals surface area contributed by atoms with Gasteiger partial charge in [-0.25, -0.2) is 4.39 Å². The third-order valence-electron chi connectivity index (χ3n) is 2.39. The van der Waals surface area contributed by atoms with Crippen molar-refractivity contribution in [2.45, 2.75) is 13.3 Å². The maximum atomic E-state index is 12.9. The van der Waals surface area contributed by atoms with Gasteiger partial charge in [-0.1, -0.05) is 46.6 Å². The van der Waals surface area contributed by atoms with Crippen molar-refractivity contribution in [1.82, 2.24) is 0 Å². The van der Waals surface area contributed by atoms with E-state index in [0.29, 0.717) is 0 Å². The summed E-state index contributed by atoms with van der Waals surface area (Å²) in [5, 5.41) is 0.992. The summed E-state index contributed by atoms with van der Waals surface area (Å²) in [4.78, 5) is 0. The first-order valence-electron chi connectivity index (χ1n) is 4.64. The van der Waals surface area contributed by atoms with Crippen LogP contribution in [0.1, 0.15) is 12.5 Å². The van der Waals surface area contributed by atoms with E-state index >= 15 is 0 Å². The molecule has 1 atom stereocenters. The van der Waals surface area contributed by atoms with Gasteiger partial charge in [-0.3, -0.25) is 0 Å². The summed E-state index contributed by atoms with van der Waals surface area (Å²) in [5.41, 5.74) is 0.990. The second-order valence-corrected chi connectivity index (χ2v) is 4.88. The van der Waals surface area contributed by atoms with Crippen molar-refractivity contribution in [3.63, 3.8) is 0 Å². The summed E-state index contributed by atoms with van der Waals surface area (Å²) in [6, 6.07) is 4.82. The molecule has 0 saturated carbocycles.